The largest absolute Gasteiger partial charge is 0.507 e. The molecular weight excluding hydrogens is 344 g/mol. The summed E-state index contributed by atoms with van der Waals surface area (Å²) in [4.78, 5) is 12.8. The smallest absolute Gasteiger partial charge is 0.317 e. The fourth-order valence-corrected chi connectivity index (χ4v) is 3.54. The number of aromatic nitrogens is 2. The second kappa shape index (κ2) is 8.35. The van der Waals surface area contributed by atoms with E-state index in [1.807, 2.05) is 36.9 Å². The van der Waals surface area contributed by atoms with Crippen molar-refractivity contribution in [2.24, 2.45) is 0 Å². The third-order valence-electron chi connectivity index (χ3n) is 4.93. The molecule has 3 rings (SSSR count). The number of rotatable bonds is 6. The van der Waals surface area contributed by atoms with Crippen molar-refractivity contribution in [2.45, 2.75) is 39.2 Å². The van der Waals surface area contributed by atoms with Gasteiger partial charge in [-0.15, -0.1) is 10.2 Å². The maximum Gasteiger partial charge on any atom is 0.317 e. The number of carbonyl (C=O) groups is 1. The molecule has 2 heterocycles. The molecule has 27 heavy (non-hydrogen) atoms. The monoisotopic (exact) mass is 370 g/mol. The highest BCUT2D eigenvalue weighted by Gasteiger charge is 2.22. The fourth-order valence-electron chi connectivity index (χ4n) is 3.54. The van der Waals surface area contributed by atoms with Crippen LogP contribution in [-0.2, 0) is 11.2 Å². The minimum atomic E-state index is -0.801. The molecule has 0 aliphatic carbocycles. The zero-order chi connectivity index (χ0) is 19.4. The zero-order valence-corrected chi connectivity index (χ0v) is 15.8. The molecule has 1 fully saturated rings. The number of aromatic hydroxyl groups is 1. The van der Waals surface area contributed by atoms with Crippen LogP contribution in [0, 0.1) is 6.92 Å². The Morgan fingerprint density at radius 1 is 1.33 bits per heavy atom. The minimum absolute atomic E-state index is 0.0643. The van der Waals surface area contributed by atoms with Crippen LogP contribution in [0.15, 0.2) is 24.3 Å². The summed E-state index contributed by atoms with van der Waals surface area (Å²) in [5.41, 5.74) is 3.33. The van der Waals surface area contributed by atoms with Crippen molar-refractivity contribution in [3.8, 4) is 17.0 Å². The van der Waals surface area contributed by atoms with E-state index >= 15 is 0 Å². The molecule has 2 aromatic rings. The molecule has 0 unspecified atom stereocenters. The van der Waals surface area contributed by atoms with Gasteiger partial charge in [-0.25, -0.2) is 0 Å². The van der Waals surface area contributed by atoms with Gasteiger partial charge in [0.25, 0.3) is 0 Å². The van der Waals surface area contributed by atoms with Gasteiger partial charge in [-0.1, -0.05) is 13.0 Å². The van der Waals surface area contributed by atoms with Gasteiger partial charge in [-0.3, -0.25) is 9.69 Å². The Morgan fingerprint density at radius 2 is 2.15 bits per heavy atom. The van der Waals surface area contributed by atoms with Gasteiger partial charge in [0.2, 0.25) is 0 Å². The first-order valence-corrected chi connectivity index (χ1v) is 9.33. The topological polar surface area (TPSA) is 98.6 Å². The average molecular weight is 370 g/mol. The molecule has 1 aliphatic heterocycles. The standard InChI is InChI=1S/C20H26N4O3/c1-3-14-6-7-16(17(25)10-14)20-13(2)9-18(22-23-20)21-15-5-4-8-24(11-15)12-19(26)27/h6-7,9-10,15,25H,3-5,8,11-12H2,1-2H3,(H,21,22)(H,26,27)/t15-/m1/s1. The fraction of sp³-hybridized carbons (Fsp3) is 0.450. The maximum atomic E-state index is 10.9. The van der Waals surface area contributed by atoms with Gasteiger partial charge < -0.3 is 15.5 Å². The molecule has 0 spiro atoms. The van der Waals surface area contributed by atoms with Gasteiger partial charge in [0, 0.05) is 18.2 Å². The number of benzene rings is 1. The molecule has 0 amide bonds. The van der Waals surface area contributed by atoms with Crippen LogP contribution in [0.25, 0.3) is 11.3 Å². The summed E-state index contributed by atoms with van der Waals surface area (Å²) in [7, 11) is 0. The lowest BCUT2D eigenvalue weighted by atomic mass is 10.0. The quantitative estimate of drug-likeness (QED) is 0.719. The van der Waals surface area contributed by atoms with Crippen molar-refractivity contribution < 1.29 is 15.0 Å². The van der Waals surface area contributed by atoms with Crippen LogP contribution in [0.5, 0.6) is 5.75 Å². The number of phenols is 1. The Labute approximate surface area is 159 Å². The van der Waals surface area contributed by atoms with Crippen LogP contribution >= 0.6 is 0 Å². The molecule has 0 saturated carbocycles. The molecule has 1 aliphatic rings. The zero-order valence-electron chi connectivity index (χ0n) is 15.8. The van der Waals surface area contributed by atoms with E-state index < -0.39 is 5.97 Å². The molecular formula is C20H26N4O3. The Bertz CT molecular complexity index is 825. The first-order chi connectivity index (χ1) is 13.0. The number of phenolic OH excluding ortho intramolecular Hbond substituents is 1. The van der Waals surface area contributed by atoms with Crippen molar-refractivity contribution in [2.75, 3.05) is 25.0 Å². The van der Waals surface area contributed by atoms with Crippen molar-refractivity contribution in [1.82, 2.24) is 15.1 Å². The SMILES string of the molecule is CCc1ccc(-c2nnc(N[C@@H]3CCCN(CC(=O)O)C3)cc2C)c(O)c1. The van der Waals surface area contributed by atoms with Gasteiger partial charge in [-0.2, -0.15) is 0 Å². The molecule has 1 saturated heterocycles. The number of hydrogen-bond donors (Lipinski definition) is 3. The number of piperidine rings is 1. The van der Waals surface area contributed by atoms with E-state index in [4.69, 9.17) is 5.11 Å². The molecule has 0 bridgehead atoms. The summed E-state index contributed by atoms with van der Waals surface area (Å²) in [6.07, 6.45) is 2.78. The van der Waals surface area contributed by atoms with E-state index in [1.54, 1.807) is 6.07 Å². The number of nitrogens with one attached hydrogen (secondary N) is 1. The number of hydrogen-bond acceptors (Lipinski definition) is 6. The van der Waals surface area contributed by atoms with Crippen molar-refractivity contribution in [1.29, 1.82) is 0 Å². The van der Waals surface area contributed by atoms with Crippen LogP contribution in [0.4, 0.5) is 5.82 Å². The first-order valence-electron chi connectivity index (χ1n) is 9.33. The summed E-state index contributed by atoms with van der Waals surface area (Å²) < 4.78 is 0. The average Bonchev–Trinajstić information content (AvgIpc) is 2.62. The van der Waals surface area contributed by atoms with E-state index in [0.29, 0.717) is 23.6 Å². The van der Waals surface area contributed by atoms with Crippen LogP contribution in [0.2, 0.25) is 0 Å². The number of carboxylic acid groups (broad SMARTS) is 1. The van der Waals surface area contributed by atoms with Gasteiger partial charge in [0.15, 0.2) is 0 Å². The highest BCUT2D eigenvalue weighted by Crippen LogP contribution is 2.31. The molecule has 3 N–H and O–H groups in total. The molecule has 1 aromatic carbocycles. The normalized spacial score (nSPS) is 17.6. The predicted molar refractivity (Wildman–Crippen MR) is 104 cm³/mol. The Kier molecular flexibility index (Phi) is 5.91. The number of likely N-dealkylation sites (tertiary alicyclic amines) is 1. The van der Waals surface area contributed by atoms with Crippen LogP contribution in [0.3, 0.4) is 0 Å². The third-order valence-corrected chi connectivity index (χ3v) is 4.93. The van der Waals surface area contributed by atoms with Gasteiger partial charge in [0.05, 0.1) is 12.2 Å². The van der Waals surface area contributed by atoms with Crippen molar-refractivity contribution in [3.05, 3.63) is 35.4 Å². The lowest BCUT2D eigenvalue weighted by molar-refractivity contribution is -0.138. The van der Waals surface area contributed by atoms with E-state index in [1.165, 1.54) is 0 Å². The molecule has 1 atom stereocenters. The Balaban J connectivity index is 1.72. The van der Waals surface area contributed by atoms with Crippen LogP contribution in [0.1, 0.15) is 30.9 Å². The Hall–Kier alpha value is -2.67. The van der Waals surface area contributed by atoms with Crippen LogP contribution in [-0.4, -0.2) is 57.0 Å². The second-order valence-corrected chi connectivity index (χ2v) is 7.08. The molecule has 1 aromatic heterocycles. The highest BCUT2D eigenvalue weighted by molar-refractivity contribution is 5.70. The lowest BCUT2D eigenvalue weighted by Crippen LogP contribution is -2.44. The van der Waals surface area contributed by atoms with E-state index in [9.17, 15) is 9.90 Å². The third kappa shape index (κ3) is 4.74. The van der Waals surface area contributed by atoms with E-state index in [2.05, 4.69) is 15.5 Å². The van der Waals surface area contributed by atoms with Crippen molar-refractivity contribution in [3.63, 3.8) is 0 Å². The number of nitrogens with zero attached hydrogens (tertiary/aromatic N) is 3. The molecule has 0 radical (unpaired) electrons. The summed E-state index contributed by atoms with van der Waals surface area (Å²) >= 11 is 0. The predicted octanol–water partition coefficient (Wildman–Crippen LogP) is 2.68. The minimum Gasteiger partial charge on any atom is -0.507 e. The van der Waals surface area contributed by atoms with Gasteiger partial charge in [-0.05, 0) is 62.1 Å². The van der Waals surface area contributed by atoms with Gasteiger partial charge in [0.1, 0.15) is 11.6 Å². The molecule has 144 valence electrons. The Morgan fingerprint density at radius 3 is 2.81 bits per heavy atom. The van der Waals surface area contributed by atoms with E-state index in [0.717, 1.165) is 36.9 Å². The highest BCUT2D eigenvalue weighted by atomic mass is 16.4. The number of aliphatic carboxylic acids is 1. The number of anilines is 1. The van der Waals surface area contributed by atoms with Gasteiger partial charge >= 0.3 is 5.97 Å². The second-order valence-electron chi connectivity index (χ2n) is 7.08. The molecule has 7 heteroatoms. The first kappa shape index (κ1) is 19.1. The van der Waals surface area contributed by atoms with Crippen molar-refractivity contribution >= 4 is 11.8 Å². The van der Waals surface area contributed by atoms with E-state index in [-0.39, 0.29) is 18.3 Å². The van der Waals surface area contributed by atoms with Crippen LogP contribution < -0.4 is 5.32 Å². The molecule has 7 nitrogen and oxygen atoms in total. The number of aryl methyl sites for hydroxylation is 2. The number of carboxylic acids is 1. The lowest BCUT2D eigenvalue weighted by Gasteiger charge is -2.32. The summed E-state index contributed by atoms with van der Waals surface area (Å²) in [5, 5.41) is 31.2. The summed E-state index contributed by atoms with van der Waals surface area (Å²) in [5.74, 6) is 0.0803. The summed E-state index contributed by atoms with van der Waals surface area (Å²) in [6.45, 7) is 5.53. The maximum absolute atomic E-state index is 10.9. The summed E-state index contributed by atoms with van der Waals surface area (Å²) in [6, 6.07) is 7.70.